The Morgan fingerprint density at radius 3 is 2.50 bits per heavy atom. The molecule has 116 valence electrons. The Labute approximate surface area is 130 Å². The first-order valence-electron chi connectivity index (χ1n) is 5.86. The van der Waals surface area contributed by atoms with Gasteiger partial charge >= 0.3 is 0 Å². The van der Waals surface area contributed by atoms with Gasteiger partial charge in [0.2, 0.25) is 0 Å². The quantitative estimate of drug-likeness (QED) is 0.737. The van der Waals surface area contributed by atoms with Crippen LogP contribution in [0.25, 0.3) is 0 Å². The Morgan fingerprint density at radius 2 is 1.86 bits per heavy atom. The second-order valence-corrected chi connectivity index (χ2v) is 6.24. The topological polar surface area (TPSA) is 95.5 Å². The summed E-state index contributed by atoms with van der Waals surface area (Å²) in [5.41, 5.74) is 1.75. The number of benzene rings is 2. The van der Waals surface area contributed by atoms with Gasteiger partial charge in [-0.2, -0.15) is 0 Å². The zero-order chi connectivity index (χ0) is 16.3. The second kappa shape index (κ2) is 6.30. The molecule has 0 heterocycles. The number of phenols is 1. The molecule has 0 aliphatic heterocycles. The maximum Gasteiger partial charge on any atom is 0.269 e. The minimum absolute atomic E-state index is 0.0368. The molecule has 0 fully saturated rings. The summed E-state index contributed by atoms with van der Waals surface area (Å²) in [6.45, 7) is 0. The molecule has 22 heavy (non-hydrogen) atoms. The van der Waals surface area contributed by atoms with Crippen molar-refractivity contribution in [2.75, 3.05) is 0 Å². The van der Waals surface area contributed by atoms with Gasteiger partial charge < -0.3 is 5.11 Å². The van der Waals surface area contributed by atoms with Crippen molar-refractivity contribution in [1.29, 1.82) is 0 Å². The summed E-state index contributed by atoms with van der Waals surface area (Å²) < 4.78 is 37.4. The lowest BCUT2D eigenvalue weighted by molar-refractivity contribution is 0.0942. The van der Waals surface area contributed by atoms with Crippen LogP contribution in [0.1, 0.15) is 10.4 Å². The number of hydrazine groups is 1. The SMILES string of the molecule is O=C(NNS(=O)(=O)c1ccc(Cl)cc1F)c1ccccc1O. The van der Waals surface area contributed by atoms with E-state index in [4.69, 9.17) is 11.6 Å². The van der Waals surface area contributed by atoms with E-state index >= 15 is 0 Å². The van der Waals surface area contributed by atoms with Crippen LogP contribution in [0.15, 0.2) is 47.4 Å². The third-order valence-corrected chi connectivity index (χ3v) is 4.15. The molecule has 0 aliphatic carbocycles. The van der Waals surface area contributed by atoms with Crippen molar-refractivity contribution in [3.05, 3.63) is 58.9 Å². The standard InChI is InChI=1S/C13H10ClFN2O4S/c14-8-5-6-12(10(15)7-8)22(20,21)17-16-13(19)9-3-1-2-4-11(9)18/h1-7,17-18H,(H,16,19). The number of hydrogen-bond donors (Lipinski definition) is 3. The maximum atomic E-state index is 13.6. The molecule has 0 unspecified atom stereocenters. The molecule has 0 radical (unpaired) electrons. The fourth-order valence-corrected chi connectivity index (χ4v) is 2.65. The fourth-order valence-electron chi connectivity index (χ4n) is 1.59. The zero-order valence-corrected chi connectivity index (χ0v) is 12.5. The van der Waals surface area contributed by atoms with E-state index in [1.54, 1.807) is 4.83 Å². The van der Waals surface area contributed by atoms with Crippen molar-refractivity contribution in [2.24, 2.45) is 0 Å². The lowest BCUT2D eigenvalue weighted by Gasteiger charge is -2.10. The van der Waals surface area contributed by atoms with Gasteiger partial charge in [0.15, 0.2) is 0 Å². The summed E-state index contributed by atoms with van der Waals surface area (Å²) >= 11 is 5.54. The van der Waals surface area contributed by atoms with E-state index in [-0.39, 0.29) is 16.3 Å². The highest BCUT2D eigenvalue weighted by atomic mass is 35.5. The summed E-state index contributed by atoms with van der Waals surface area (Å²) in [7, 11) is -4.32. The van der Waals surface area contributed by atoms with Crippen molar-refractivity contribution in [3.63, 3.8) is 0 Å². The number of nitrogens with one attached hydrogen (secondary N) is 2. The summed E-state index contributed by atoms with van der Waals surface area (Å²) in [5.74, 6) is -2.27. The molecule has 0 bridgehead atoms. The van der Waals surface area contributed by atoms with Gasteiger partial charge in [0, 0.05) is 5.02 Å². The van der Waals surface area contributed by atoms with Crippen LogP contribution < -0.4 is 10.3 Å². The highest BCUT2D eigenvalue weighted by Crippen LogP contribution is 2.19. The Balaban J connectivity index is 2.17. The summed E-state index contributed by atoms with van der Waals surface area (Å²) in [5, 5.41) is 9.53. The highest BCUT2D eigenvalue weighted by Gasteiger charge is 2.21. The first-order valence-corrected chi connectivity index (χ1v) is 7.72. The minimum atomic E-state index is -4.32. The molecule has 1 amide bonds. The van der Waals surface area contributed by atoms with Crippen LogP contribution in [0.5, 0.6) is 5.75 Å². The molecule has 0 atom stereocenters. The summed E-state index contributed by atoms with van der Waals surface area (Å²) in [6.07, 6.45) is 0. The van der Waals surface area contributed by atoms with Crippen LogP contribution in [-0.2, 0) is 10.0 Å². The number of carbonyl (C=O) groups is 1. The van der Waals surface area contributed by atoms with E-state index in [9.17, 15) is 22.7 Å². The largest absolute Gasteiger partial charge is 0.507 e. The van der Waals surface area contributed by atoms with E-state index in [2.05, 4.69) is 0 Å². The number of rotatable bonds is 4. The Hall–Kier alpha value is -2.16. The molecule has 3 N–H and O–H groups in total. The number of phenolic OH excluding ortho intramolecular Hbond substituents is 1. The molecular weight excluding hydrogens is 335 g/mol. The van der Waals surface area contributed by atoms with Crippen molar-refractivity contribution < 1.29 is 22.7 Å². The Bertz CT molecular complexity index is 827. The number of aromatic hydroxyl groups is 1. The van der Waals surface area contributed by atoms with Gasteiger partial charge in [-0.05, 0) is 30.3 Å². The molecule has 9 heteroatoms. The van der Waals surface area contributed by atoms with Gasteiger partial charge in [0.25, 0.3) is 15.9 Å². The normalized spacial score (nSPS) is 11.2. The first-order chi connectivity index (χ1) is 10.3. The third-order valence-electron chi connectivity index (χ3n) is 2.63. The van der Waals surface area contributed by atoms with Gasteiger partial charge in [-0.15, -0.1) is 4.83 Å². The predicted octanol–water partition coefficient (Wildman–Crippen LogP) is 1.81. The van der Waals surface area contributed by atoms with Gasteiger partial charge in [-0.3, -0.25) is 10.2 Å². The Kier molecular flexibility index (Phi) is 4.65. The van der Waals surface area contributed by atoms with Gasteiger partial charge in [-0.1, -0.05) is 23.7 Å². The van der Waals surface area contributed by atoms with Crippen molar-refractivity contribution >= 4 is 27.5 Å². The van der Waals surface area contributed by atoms with Crippen molar-refractivity contribution in [3.8, 4) is 5.75 Å². The van der Waals surface area contributed by atoms with E-state index in [1.807, 2.05) is 5.43 Å². The average Bonchev–Trinajstić information content (AvgIpc) is 2.45. The number of amides is 1. The molecule has 0 spiro atoms. The average molecular weight is 345 g/mol. The fraction of sp³-hybridized carbons (Fsp3) is 0. The van der Waals surface area contributed by atoms with Crippen LogP contribution in [0.4, 0.5) is 4.39 Å². The molecule has 6 nitrogen and oxygen atoms in total. The van der Waals surface area contributed by atoms with E-state index in [0.29, 0.717) is 0 Å². The monoisotopic (exact) mass is 344 g/mol. The molecule has 0 saturated heterocycles. The van der Waals surface area contributed by atoms with E-state index < -0.39 is 26.6 Å². The second-order valence-electron chi connectivity index (χ2n) is 4.15. The summed E-state index contributed by atoms with van der Waals surface area (Å²) in [4.78, 5) is 12.8. The lowest BCUT2D eigenvalue weighted by atomic mass is 10.2. The van der Waals surface area contributed by atoms with Gasteiger partial charge in [0.05, 0.1) is 5.56 Å². The minimum Gasteiger partial charge on any atom is -0.507 e. The third kappa shape index (κ3) is 3.53. The highest BCUT2D eigenvalue weighted by molar-refractivity contribution is 7.89. The maximum absolute atomic E-state index is 13.6. The van der Waals surface area contributed by atoms with Crippen molar-refractivity contribution in [1.82, 2.24) is 10.3 Å². The van der Waals surface area contributed by atoms with E-state index in [1.165, 1.54) is 30.3 Å². The van der Waals surface area contributed by atoms with Crippen molar-refractivity contribution in [2.45, 2.75) is 4.90 Å². The molecule has 0 saturated carbocycles. The molecule has 2 aromatic carbocycles. The number of halogens is 2. The number of sulfonamides is 1. The first kappa shape index (κ1) is 16.2. The summed E-state index contributed by atoms with van der Waals surface area (Å²) in [6, 6.07) is 8.54. The molecule has 0 aromatic heterocycles. The van der Waals surface area contributed by atoms with Crippen LogP contribution in [0.3, 0.4) is 0 Å². The number of para-hydroxylation sites is 1. The lowest BCUT2D eigenvalue weighted by Crippen LogP contribution is -2.41. The van der Waals surface area contributed by atoms with Crippen LogP contribution in [-0.4, -0.2) is 19.4 Å². The number of carbonyl (C=O) groups excluding carboxylic acids is 1. The number of hydrogen-bond acceptors (Lipinski definition) is 4. The molecular formula is C13H10ClFN2O4S. The van der Waals surface area contributed by atoms with Gasteiger partial charge in [0.1, 0.15) is 16.5 Å². The van der Waals surface area contributed by atoms with Crippen LogP contribution in [0.2, 0.25) is 5.02 Å². The van der Waals surface area contributed by atoms with Crippen LogP contribution >= 0.6 is 11.6 Å². The Morgan fingerprint density at radius 1 is 1.18 bits per heavy atom. The zero-order valence-electron chi connectivity index (χ0n) is 10.9. The van der Waals surface area contributed by atoms with Crippen LogP contribution in [0, 0.1) is 5.82 Å². The molecule has 0 aliphatic rings. The smallest absolute Gasteiger partial charge is 0.269 e. The van der Waals surface area contributed by atoms with Gasteiger partial charge in [-0.25, -0.2) is 12.8 Å². The molecule has 2 rings (SSSR count). The van der Waals surface area contributed by atoms with E-state index in [0.717, 1.165) is 12.1 Å². The molecule has 2 aromatic rings. The predicted molar refractivity (Wildman–Crippen MR) is 77.3 cm³/mol.